The number of carbonyl (C=O) groups is 2. The molecule has 2 saturated heterocycles. The highest BCUT2D eigenvalue weighted by Crippen LogP contribution is 2.61. The van der Waals surface area contributed by atoms with Gasteiger partial charge in [-0.05, 0) is 36.8 Å². The molecule has 2 aromatic rings. The van der Waals surface area contributed by atoms with Gasteiger partial charge in [-0.15, -0.1) is 0 Å². The van der Waals surface area contributed by atoms with E-state index in [1.807, 2.05) is 36.4 Å². The van der Waals surface area contributed by atoms with Crippen molar-refractivity contribution in [1.82, 2.24) is 9.80 Å². The largest absolute Gasteiger partial charge is 0.468 e. The lowest BCUT2D eigenvalue weighted by Crippen LogP contribution is -2.36. The highest BCUT2D eigenvalue weighted by molar-refractivity contribution is 5.83. The van der Waals surface area contributed by atoms with Crippen LogP contribution in [0.4, 0.5) is 0 Å². The first-order chi connectivity index (χ1) is 15.6. The normalized spacial score (nSPS) is 34.8. The van der Waals surface area contributed by atoms with E-state index in [0.717, 1.165) is 38.8 Å². The summed E-state index contributed by atoms with van der Waals surface area (Å²) in [7, 11) is 2.93. The van der Waals surface area contributed by atoms with Gasteiger partial charge < -0.3 is 9.47 Å². The fraction of sp³-hybridized carbons (Fsp3) is 0.462. The summed E-state index contributed by atoms with van der Waals surface area (Å²) in [6.45, 7) is 1.48. The predicted octanol–water partition coefficient (Wildman–Crippen LogP) is 3.15. The molecule has 1 saturated carbocycles. The summed E-state index contributed by atoms with van der Waals surface area (Å²) in [6, 6.07) is 20.1. The molecule has 0 N–H and O–H groups in total. The Morgan fingerprint density at radius 3 is 1.38 bits per heavy atom. The van der Waals surface area contributed by atoms with Gasteiger partial charge in [0.25, 0.3) is 0 Å². The van der Waals surface area contributed by atoms with Gasteiger partial charge in [0.15, 0.2) is 0 Å². The molecule has 2 aliphatic heterocycles. The molecule has 168 valence electrons. The second-order valence-corrected chi connectivity index (χ2v) is 9.29. The lowest BCUT2D eigenvalue weighted by molar-refractivity contribution is -0.142. The first-order valence-electron chi connectivity index (χ1n) is 11.3. The lowest BCUT2D eigenvalue weighted by Gasteiger charge is -2.30. The van der Waals surface area contributed by atoms with Crippen LogP contribution in [0.15, 0.2) is 60.7 Å². The zero-order valence-corrected chi connectivity index (χ0v) is 18.7. The Bertz CT molecular complexity index is 904. The van der Waals surface area contributed by atoms with Gasteiger partial charge in [0.05, 0.1) is 14.2 Å². The first-order valence-corrected chi connectivity index (χ1v) is 11.3. The predicted molar refractivity (Wildman–Crippen MR) is 120 cm³/mol. The van der Waals surface area contributed by atoms with Gasteiger partial charge in [-0.25, -0.2) is 0 Å². The van der Waals surface area contributed by atoms with Crippen LogP contribution in [-0.2, 0) is 32.2 Å². The molecular formula is C26H30N2O4. The Kier molecular flexibility index (Phi) is 5.30. The molecule has 1 aliphatic carbocycles. The molecule has 2 unspecified atom stereocenters. The summed E-state index contributed by atoms with van der Waals surface area (Å²) >= 11 is 0. The minimum absolute atomic E-state index is 0.154. The van der Waals surface area contributed by atoms with Crippen molar-refractivity contribution in [2.75, 3.05) is 14.2 Å². The van der Waals surface area contributed by atoms with Crippen LogP contribution in [0.5, 0.6) is 0 Å². The average Bonchev–Trinajstić information content (AvgIpc) is 3.66. The molecule has 3 fully saturated rings. The molecular weight excluding hydrogens is 404 g/mol. The van der Waals surface area contributed by atoms with Crippen molar-refractivity contribution in [2.45, 2.75) is 61.9 Å². The maximum atomic E-state index is 12.6. The molecule has 3 aliphatic rings. The van der Waals surface area contributed by atoms with Gasteiger partial charge >= 0.3 is 11.9 Å². The molecule has 2 aromatic carbocycles. The van der Waals surface area contributed by atoms with E-state index in [-0.39, 0.29) is 35.1 Å². The molecule has 6 heteroatoms. The Balaban J connectivity index is 1.34. The van der Waals surface area contributed by atoms with Crippen molar-refractivity contribution in [3.63, 3.8) is 0 Å². The molecule has 5 rings (SSSR count). The summed E-state index contributed by atoms with van der Waals surface area (Å²) in [5.74, 6) is -0.309. The average molecular weight is 435 g/mol. The van der Waals surface area contributed by atoms with Crippen molar-refractivity contribution in [1.29, 1.82) is 0 Å². The second-order valence-electron chi connectivity index (χ2n) is 9.29. The van der Waals surface area contributed by atoms with Gasteiger partial charge in [-0.1, -0.05) is 60.7 Å². The monoisotopic (exact) mass is 434 g/mol. The molecule has 2 spiro atoms. The van der Waals surface area contributed by atoms with Gasteiger partial charge in [-0.3, -0.25) is 19.4 Å². The standard InChI is InChI=1S/C26H30N2O4/c1-31-23(29)21-25(27(21)17-19-9-5-3-6-10-19)13-15-26(16-14-25)22(24(30)32-2)28(26)18-20-11-7-4-8-12-20/h3-12,21-22H,13-18H2,1-2H3/t21-,22+,25?,26?,27?,28?. The van der Waals surface area contributed by atoms with E-state index in [2.05, 4.69) is 34.1 Å². The summed E-state index contributed by atoms with van der Waals surface area (Å²) in [4.78, 5) is 29.8. The number of benzene rings is 2. The molecule has 32 heavy (non-hydrogen) atoms. The van der Waals surface area contributed by atoms with E-state index in [9.17, 15) is 9.59 Å². The first kappa shape index (κ1) is 21.2. The fourth-order valence-corrected chi connectivity index (χ4v) is 6.08. The number of nitrogens with zero attached hydrogens (tertiary/aromatic N) is 2. The summed E-state index contributed by atoms with van der Waals surface area (Å²) in [5.41, 5.74) is 2.05. The van der Waals surface area contributed by atoms with E-state index < -0.39 is 0 Å². The third-order valence-corrected chi connectivity index (χ3v) is 7.87. The van der Waals surface area contributed by atoms with Gasteiger partial charge in [0.2, 0.25) is 0 Å². The van der Waals surface area contributed by atoms with Crippen molar-refractivity contribution in [3.05, 3.63) is 71.8 Å². The third-order valence-electron chi connectivity index (χ3n) is 7.87. The Labute approximate surface area is 189 Å². The Hall–Kier alpha value is -2.70. The topological polar surface area (TPSA) is 58.6 Å². The Morgan fingerprint density at radius 2 is 1.06 bits per heavy atom. The van der Waals surface area contributed by atoms with Gasteiger partial charge in [-0.2, -0.15) is 0 Å². The summed E-state index contributed by atoms with van der Waals surface area (Å²) < 4.78 is 10.3. The number of esters is 2. The van der Waals surface area contributed by atoms with Crippen molar-refractivity contribution in [3.8, 4) is 0 Å². The fourth-order valence-electron chi connectivity index (χ4n) is 6.08. The van der Waals surface area contributed by atoms with Crippen LogP contribution in [0, 0.1) is 0 Å². The van der Waals surface area contributed by atoms with Crippen LogP contribution < -0.4 is 0 Å². The van der Waals surface area contributed by atoms with Crippen LogP contribution in [0.3, 0.4) is 0 Å². The van der Waals surface area contributed by atoms with Gasteiger partial charge in [0, 0.05) is 24.2 Å². The Morgan fingerprint density at radius 1 is 0.719 bits per heavy atom. The molecule has 0 aromatic heterocycles. The number of hydrogen-bond donors (Lipinski definition) is 0. The second kappa shape index (κ2) is 8.01. The van der Waals surface area contributed by atoms with E-state index in [4.69, 9.17) is 9.47 Å². The van der Waals surface area contributed by atoms with Crippen LogP contribution in [-0.4, -0.2) is 59.1 Å². The SMILES string of the molecule is COC(=O)[C@@H]1N(Cc2ccccc2)C12CCC1(CC2)[C@@H](C(=O)OC)N1Cc1ccccc1. The summed E-state index contributed by atoms with van der Waals surface area (Å²) in [5, 5.41) is 0. The van der Waals surface area contributed by atoms with E-state index in [1.165, 1.54) is 25.3 Å². The molecule has 0 bridgehead atoms. The van der Waals surface area contributed by atoms with E-state index in [0.29, 0.717) is 0 Å². The highest BCUT2D eigenvalue weighted by Gasteiger charge is 2.74. The quantitative estimate of drug-likeness (QED) is 0.514. The van der Waals surface area contributed by atoms with Crippen LogP contribution in [0.2, 0.25) is 0 Å². The van der Waals surface area contributed by atoms with Crippen LogP contribution in [0.1, 0.15) is 36.8 Å². The number of ether oxygens (including phenoxy) is 2. The zero-order chi connectivity index (χ0) is 22.3. The van der Waals surface area contributed by atoms with Crippen molar-refractivity contribution < 1.29 is 19.1 Å². The zero-order valence-electron chi connectivity index (χ0n) is 18.7. The smallest absolute Gasteiger partial charge is 0.325 e. The van der Waals surface area contributed by atoms with Gasteiger partial charge in [0.1, 0.15) is 12.1 Å². The molecule has 4 atom stereocenters. The minimum atomic E-state index is -0.206. The maximum absolute atomic E-state index is 12.6. The number of hydrogen-bond acceptors (Lipinski definition) is 6. The van der Waals surface area contributed by atoms with E-state index >= 15 is 0 Å². The van der Waals surface area contributed by atoms with Crippen LogP contribution >= 0.6 is 0 Å². The number of carbonyl (C=O) groups excluding carboxylic acids is 2. The highest BCUT2D eigenvalue weighted by atomic mass is 16.5. The molecule has 0 amide bonds. The van der Waals surface area contributed by atoms with Crippen molar-refractivity contribution in [2.24, 2.45) is 0 Å². The maximum Gasteiger partial charge on any atom is 0.325 e. The lowest BCUT2D eigenvalue weighted by atomic mass is 9.77. The minimum Gasteiger partial charge on any atom is -0.468 e. The molecule has 2 heterocycles. The van der Waals surface area contributed by atoms with E-state index in [1.54, 1.807) is 0 Å². The summed E-state index contributed by atoms with van der Waals surface area (Å²) in [6.07, 6.45) is 3.49. The van der Waals surface area contributed by atoms with Crippen LogP contribution in [0.25, 0.3) is 0 Å². The number of methoxy groups -OCH3 is 2. The third kappa shape index (κ3) is 3.33. The molecule has 6 nitrogen and oxygen atoms in total. The molecule has 0 radical (unpaired) electrons. The van der Waals surface area contributed by atoms with Crippen molar-refractivity contribution >= 4 is 11.9 Å². The number of rotatable bonds is 6.